The second kappa shape index (κ2) is 11.2. The highest BCUT2D eigenvalue weighted by Gasteiger charge is 2.15. The summed E-state index contributed by atoms with van der Waals surface area (Å²) in [5.41, 5.74) is 1.99. The molecule has 1 aromatic carbocycles. The quantitative estimate of drug-likeness (QED) is 0.391. The topological polar surface area (TPSA) is 75.9 Å². The largest absolute Gasteiger partial charge is 0.490 e. The average Bonchev–Trinajstić information content (AvgIpc) is 3.06. The molecule has 2 aliphatic heterocycles. The molecule has 0 unspecified atom stereocenters. The van der Waals surface area contributed by atoms with Crippen LogP contribution in [0.5, 0.6) is 11.5 Å². The number of hydrogen-bond acceptors (Lipinski definition) is 5. The molecule has 2 N–H and O–H groups in total. The molecule has 3 heterocycles. The zero-order valence-corrected chi connectivity index (χ0v) is 19.3. The number of ether oxygens (including phenoxy) is 2. The van der Waals surface area contributed by atoms with E-state index in [0.717, 1.165) is 60.7 Å². The number of rotatable bonds is 7. The number of benzene rings is 1. The molecule has 4 rings (SSSR count). The van der Waals surface area contributed by atoms with E-state index in [9.17, 15) is 0 Å². The molecule has 0 amide bonds. The number of nitrogens with zero attached hydrogens (tertiary/aromatic N) is 4. The van der Waals surface area contributed by atoms with Crippen molar-refractivity contribution in [3.05, 3.63) is 36.2 Å². The van der Waals surface area contributed by atoms with Gasteiger partial charge >= 0.3 is 0 Å². The van der Waals surface area contributed by atoms with Crippen molar-refractivity contribution in [3.63, 3.8) is 0 Å². The number of likely N-dealkylation sites (tertiary alicyclic amines) is 1. The van der Waals surface area contributed by atoms with Crippen molar-refractivity contribution in [3.8, 4) is 11.5 Å². The fraction of sp³-hybridized carbons (Fsp3) is 0.583. The average molecular weight is 441 g/mol. The van der Waals surface area contributed by atoms with E-state index < -0.39 is 0 Å². The van der Waals surface area contributed by atoms with Gasteiger partial charge in [0.2, 0.25) is 0 Å². The van der Waals surface area contributed by atoms with E-state index in [1.54, 1.807) is 6.20 Å². The Labute approximate surface area is 191 Å². The van der Waals surface area contributed by atoms with Crippen LogP contribution in [0.2, 0.25) is 0 Å². The van der Waals surface area contributed by atoms with Gasteiger partial charge in [-0.2, -0.15) is 5.10 Å². The molecule has 0 atom stereocenters. The minimum atomic E-state index is 0.556. The summed E-state index contributed by atoms with van der Waals surface area (Å²) in [5.74, 6) is 3.20. The highest BCUT2D eigenvalue weighted by atomic mass is 16.5. The smallest absolute Gasteiger partial charge is 0.196 e. The van der Waals surface area contributed by atoms with Gasteiger partial charge in [-0.25, -0.2) is 4.99 Å². The molecule has 2 aliphatic rings. The highest BCUT2D eigenvalue weighted by molar-refractivity contribution is 5.93. The van der Waals surface area contributed by atoms with Gasteiger partial charge in [-0.3, -0.25) is 4.68 Å². The van der Waals surface area contributed by atoms with Crippen LogP contribution in [0.25, 0.3) is 0 Å². The standard InChI is InChI=1S/C24H36N6O2/c1-19-8-13-30(14-9-19)12-3-10-25-24(26-18-21-7-11-27-29(21)2)28-20-5-6-22-23(17-20)32-16-4-15-31-22/h5-7,11,17,19H,3-4,8-10,12-16,18H2,1-2H3,(H2,25,26,28). The number of hydrogen-bond donors (Lipinski definition) is 2. The first-order chi connectivity index (χ1) is 15.7. The van der Waals surface area contributed by atoms with Crippen LogP contribution in [0, 0.1) is 5.92 Å². The van der Waals surface area contributed by atoms with Gasteiger partial charge < -0.3 is 25.0 Å². The monoisotopic (exact) mass is 440 g/mol. The van der Waals surface area contributed by atoms with Crippen LogP contribution < -0.4 is 20.1 Å². The Bertz CT molecular complexity index is 888. The van der Waals surface area contributed by atoms with E-state index in [2.05, 4.69) is 27.6 Å². The van der Waals surface area contributed by atoms with Gasteiger partial charge in [0.1, 0.15) is 0 Å². The maximum atomic E-state index is 5.84. The summed E-state index contributed by atoms with van der Waals surface area (Å²) in [4.78, 5) is 7.37. The van der Waals surface area contributed by atoms with Gasteiger partial charge in [-0.05, 0) is 63.0 Å². The molecule has 0 radical (unpaired) electrons. The van der Waals surface area contributed by atoms with Crippen molar-refractivity contribution >= 4 is 11.6 Å². The fourth-order valence-electron chi connectivity index (χ4n) is 4.03. The third kappa shape index (κ3) is 6.38. The molecular formula is C24H36N6O2. The van der Waals surface area contributed by atoms with Gasteiger partial charge in [-0.15, -0.1) is 0 Å². The van der Waals surface area contributed by atoms with Gasteiger partial charge in [0.05, 0.1) is 25.5 Å². The van der Waals surface area contributed by atoms with E-state index in [-0.39, 0.29) is 0 Å². The lowest BCUT2D eigenvalue weighted by molar-refractivity contribution is 0.191. The molecule has 0 saturated carbocycles. The first-order valence-electron chi connectivity index (χ1n) is 11.8. The zero-order chi connectivity index (χ0) is 22.2. The van der Waals surface area contributed by atoms with Crippen LogP contribution in [0.15, 0.2) is 35.5 Å². The lowest BCUT2D eigenvalue weighted by atomic mass is 9.99. The molecule has 1 saturated heterocycles. The minimum absolute atomic E-state index is 0.556. The third-order valence-corrected chi connectivity index (χ3v) is 6.15. The molecular weight excluding hydrogens is 404 g/mol. The highest BCUT2D eigenvalue weighted by Crippen LogP contribution is 2.32. The molecule has 174 valence electrons. The Morgan fingerprint density at radius 2 is 1.97 bits per heavy atom. The number of nitrogens with one attached hydrogen (secondary N) is 2. The van der Waals surface area contributed by atoms with Crippen molar-refractivity contribution in [1.82, 2.24) is 20.0 Å². The van der Waals surface area contributed by atoms with Crippen LogP contribution in [0.3, 0.4) is 0 Å². The molecule has 0 bridgehead atoms. The lowest BCUT2D eigenvalue weighted by Gasteiger charge is -2.30. The van der Waals surface area contributed by atoms with Crippen molar-refractivity contribution in [2.24, 2.45) is 18.0 Å². The number of piperidine rings is 1. The summed E-state index contributed by atoms with van der Waals surface area (Å²) in [5, 5.41) is 11.2. The molecule has 0 aliphatic carbocycles. The first kappa shape index (κ1) is 22.5. The van der Waals surface area contributed by atoms with Crippen LogP contribution >= 0.6 is 0 Å². The fourth-order valence-corrected chi connectivity index (χ4v) is 4.03. The number of aryl methyl sites for hydroxylation is 1. The van der Waals surface area contributed by atoms with Crippen LogP contribution in [0.4, 0.5) is 5.69 Å². The minimum Gasteiger partial charge on any atom is -0.490 e. The van der Waals surface area contributed by atoms with Crippen molar-refractivity contribution in [2.45, 2.75) is 39.2 Å². The maximum Gasteiger partial charge on any atom is 0.196 e. The predicted octanol–water partition coefficient (Wildman–Crippen LogP) is 3.26. The molecule has 8 heteroatoms. The summed E-state index contributed by atoms with van der Waals surface area (Å²) < 4.78 is 13.4. The second-order valence-corrected chi connectivity index (χ2v) is 8.75. The number of fused-ring (bicyclic) bond motifs is 1. The number of guanidine groups is 1. The molecule has 32 heavy (non-hydrogen) atoms. The van der Waals surface area contributed by atoms with Crippen molar-refractivity contribution in [2.75, 3.05) is 44.7 Å². The van der Waals surface area contributed by atoms with Crippen LogP contribution in [-0.4, -0.2) is 60.0 Å². The van der Waals surface area contributed by atoms with Gasteiger partial charge in [0.25, 0.3) is 0 Å². The van der Waals surface area contributed by atoms with Crippen molar-refractivity contribution in [1.29, 1.82) is 0 Å². The van der Waals surface area contributed by atoms with Crippen LogP contribution in [0.1, 0.15) is 38.3 Å². The van der Waals surface area contributed by atoms with E-state index in [1.807, 2.05) is 36.0 Å². The molecule has 8 nitrogen and oxygen atoms in total. The molecule has 0 spiro atoms. The summed E-state index contributed by atoms with van der Waals surface area (Å²) >= 11 is 0. The second-order valence-electron chi connectivity index (χ2n) is 8.75. The van der Waals surface area contributed by atoms with Gasteiger partial charge in [0.15, 0.2) is 17.5 Å². The molecule has 1 aromatic heterocycles. The summed E-state index contributed by atoms with van der Waals surface area (Å²) in [6, 6.07) is 7.94. The Hall–Kier alpha value is -2.74. The first-order valence-corrected chi connectivity index (χ1v) is 11.8. The Balaban J connectivity index is 1.36. The molecule has 2 aromatic rings. The Kier molecular flexibility index (Phi) is 7.87. The van der Waals surface area contributed by atoms with Crippen LogP contribution in [-0.2, 0) is 13.6 Å². The summed E-state index contributed by atoms with van der Waals surface area (Å²) in [6.45, 7) is 8.71. The van der Waals surface area contributed by atoms with E-state index in [0.29, 0.717) is 19.8 Å². The molecule has 1 fully saturated rings. The predicted molar refractivity (Wildman–Crippen MR) is 127 cm³/mol. The Morgan fingerprint density at radius 1 is 1.16 bits per heavy atom. The lowest BCUT2D eigenvalue weighted by Crippen LogP contribution is -2.36. The zero-order valence-electron chi connectivity index (χ0n) is 19.3. The van der Waals surface area contributed by atoms with Crippen molar-refractivity contribution < 1.29 is 9.47 Å². The number of aromatic nitrogens is 2. The SMILES string of the molecule is CC1CCN(CCCNC(=NCc2ccnn2C)Nc2ccc3c(c2)OCCCO3)CC1. The van der Waals surface area contributed by atoms with E-state index in [1.165, 1.54) is 25.9 Å². The summed E-state index contributed by atoms with van der Waals surface area (Å²) in [7, 11) is 1.94. The number of aliphatic imine (C=N–C) groups is 1. The third-order valence-electron chi connectivity index (χ3n) is 6.15. The summed E-state index contributed by atoms with van der Waals surface area (Å²) in [6.07, 6.45) is 6.41. The van der Waals surface area contributed by atoms with Gasteiger partial charge in [0, 0.05) is 38.0 Å². The van der Waals surface area contributed by atoms with E-state index >= 15 is 0 Å². The maximum absolute atomic E-state index is 5.84. The van der Waals surface area contributed by atoms with Gasteiger partial charge in [-0.1, -0.05) is 6.92 Å². The van der Waals surface area contributed by atoms with E-state index in [4.69, 9.17) is 14.5 Å². The normalized spacial score (nSPS) is 17.8. The number of anilines is 1. The Morgan fingerprint density at radius 3 is 2.75 bits per heavy atom.